The van der Waals surface area contributed by atoms with Crippen molar-refractivity contribution >= 4 is 33.7 Å². The zero-order valence-corrected chi connectivity index (χ0v) is 13.4. The lowest BCUT2D eigenvalue weighted by molar-refractivity contribution is -0.384. The van der Waals surface area contributed by atoms with E-state index in [1.807, 2.05) is 0 Å². The topological polar surface area (TPSA) is 105 Å². The maximum absolute atomic E-state index is 11.7. The summed E-state index contributed by atoms with van der Waals surface area (Å²) in [4.78, 5) is 21.8. The lowest BCUT2D eigenvalue weighted by Gasteiger charge is -2.01. The van der Waals surface area contributed by atoms with Gasteiger partial charge in [-0.05, 0) is 45.3 Å². The summed E-state index contributed by atoms with van der Waals surface area (Å²) in [6.45, 7) is 0. The quantitative estimate of drug-likeness (QED) is 0.474. The van der Waals surface area contributed by atoms with Crippen LogP contribution in [0.1, 0.15) is 11.1 Å². The first-order chi connectivity index (χ1) is 11.0. The Kier molecular flexibility index (Phi) is 5.42. The summed E-state index contributed by atoms with van der Waals surface area (Å²) in [5.41, 5.74) is 3.69. The molecule has 8 heteroatoms. The average Bonchev–Trinajstić information content (AvgIpc) is 2.51. The predicted molar refractivity (Wildman–Crippen MR) is 88.3 cm³/mol. The summed E-state index contributed by atoms with van der Waals surface area (Å²) in [6.07, 6.45) is 1.51. The molecule has 0 atom stereocenters. The molecule has 0 heterocycles. The van der Waals surface area contributed by atoms with Gasteiger partial charge in [0.15, 0.2) is 0 Å². The van der Waals surface area contributed by atoms with Gasteiger partial charge in [-0.1, -0.05) is 12.1 Å². The highest BCUT2D eigenvalue weighted by Crippen LogP contribution is 2.23. The van der Waals surface area contributed by atoms with Gasteiger partial charge in [0.05, 0.1) is 22.0 Å². The summed E-state index contributed by atoms with van der Waals surface area (Å²) in [5, 5.41) is 23.7. The van der Waals surface area contributed by atoms with Gasteiger partial charge >= 0.3 is 0 Å². The van der Waals surface area contributed by atoms with Crippen molar-refractivity contribution in [2.24, 2.45) is 5.10 Å². The number of rotatable bonds is 5. The highest BCUT2D eigenvalue weighted by atomic mass is 79.9. The van der Waals surface area contributed by atoms with E-state index in [0.717, 1.165) is 0 Å². The number of nitrogens with zero attached hydrogens (tertiary/aromatic N) is 2. The molecule has 0 aliphatic rings. The molecule has 2 aromatic rings. The van der Waals surface area contributed by atoms with Gasteiger partial charge in [0, 0.05) is 12.1 Å². The van der Waals surface area contributed by atoms with Crippen LogP contribution in [0.5, 0.6) is 5.75 Å². The predicted octanol–water partition coefficient (Wildman–Crippen LogP) is 2.76. The van der Waals surface area contributed by atoms with Crippen molar-refractivity contribution in [3.05, 3.63) is 68.2 Å². The number of carbonyl (C=O) groups excluding carboxylic acids is 1. The smallest absolute Gasteiger partial charge is 0.269 e. The van der Waals surface area contributed by atoms with Crippen molar-refractivity contribution in [1.29, 1.82) is 0 Å². The Morgan fingerprint density at radius 1 is 1.30 bits per heavy atom. The Morgan fingerprint density at radius 2 is 2.00 bits per heavy atom. The van der Waals surface area contributed by atoms with E-state index in [-0.39, 0.29) is 23.8 Å². The minimum atomic E-state index is -0.496. The number of nitro groups is 1. The van der Waals surface area contributed by atoms with E-state index in [9.17, 15) is 20.0 Å². The van der Waals surface area contributed by atoms with Crippen molar-refractivity contribution in [2.45, 2.75) is 6.42 Å². The second-order valence-corrected chi connectivity index (χ2v) is 5.46. The van der Waals surface area contributed by atoms with Crippen molar-refractivity contribution < 1.29 is 14.8 Å². The number of hydrazone groups is 1. The number of hydrogen-bond acceptors (Lipinski definition) is 5. The highest BCUT2D eigenvalue weighted by Gasteiger charge is 2.06. The zero-order chi connectivity index (χ0) is 16.8. The Hall–Kier alpha value is -2.74. The Morgan fingerprint density at radius 3 is 2.61 bits per heavy atom. The van der Waals surface area contributed by atoms with Crippen LogP contribution in [-0.2, 0) is 11.2 Å². The number of phenolic OH excluding ortho intramolecular Hbond substituents is 1. The maximum atomic E-state index is 11.7. The SMILES string of the molecule is O=C(Cc1ccc([N+](=O)[O-])cc1)N/N=C\c1ccc(O)c(Br)c1. The Labute approximate surface area is 139 Å². The van der Waals surface area contributed by atoms with Crippen molar-refractivity contribution in [1.82, 2.24) is 5.43 Å². The monoisotopic (exact) mass is 377 g/mol. The average molecular weight is 378 g/mol. The summed E-state index contributed by atoms with van der Waals surface area (Å²) >= 11 is 3.18. The lowest BCUT2D eigenvalue weighted by Crippen LogP contribution is -2.19. The van der Waals surface area contributed by atoms with Crippen LogP contribution in [0.3, 0.4) is 0 Å². The molecule has 1 amide bonds. The largest absolute Gasteiger partial charge is 0.507 e. The van der Waals surface area contributed by atoms with E-state index < -0.39 is 4.92 Å². The van der Waals surface area contributed by atoms with Gasteiger partial charge in [-0.25, -0.2) is 5.43 Å². The molecule has 0 spiro atoms. The van der Waals surface area contributed by atoms with E-state index in [1.54, 1.807) is 12.1 Å². The van der Waals surface area contributed by atoms with E-state index >= 15 is 0 Å². The molecule has 23 heavy (non-hydrogen) atoms. The third-order valence-corrected chi connectivity index (χ3v) is 3.52. The molecule has 0 radical (unpaired) electrons. The number of nitro benzene ring substituents is 1. The molecule has 0 aliphatic heterocycles. The van der Waals surface area contributed by atoms with E-state index in [2.05, 4.69) is 26.5 Å². The Balaban J connectivity index is 1.90. The molecule has 0 unspecified atom stereocenters. The molecule has 2 N–H and O–H groups in total. The second kappa shape index (κ2) is 7.50. The molecule has 0 aromatic heterocycles. The van der Waals surface area contributed by atoms with Crippen LogP contribution in [0.15, 0.2) is 52.0 Å². The van der Waals surface area contributed by atoms with Crippen LogP contribution in [-0.4, -0.2) is 22.2 Å². The maximum Gasteiger partial charge on any atom is 0.269 e. The van der Waals surface area contributed by atoms with Crippen LogP contribution in [0.2, 0.25) is 0 Å². The number of aromatic hydroxyl groups is 1. The van der Waals surface area contributed by atoms with Gasteiger partial charge in [-0.2, -0.15) is 5.10 Å². The fourth-order valence-corrected chi connectivity index (χ4v) is 2.14. The first kappa shape index (κ1) is 16.6. The van der Waals surface area contributed by atoms with Crippen LogP contribution in [0.25, 0.3) is 0 Å². The molecule has 7 nitrogen and oxygen atoms in total. The van der Waals surface area contributed by atoms with E-state index in [4.69, 9.17) is 0 Å². The molecule has 0 aliphatic carbocycles. The second-order valence-electron chi connectivity index (χ2n) is 4.60. The zero-order valence-electron chi connectivity index (χ0n) is 11.8. The van der Waals surface area contributed by atoms with Gasteiger partial charge in [0.25, 0.3) is 5.69 Å². The van der Waals surface area contributed by atoms with E-state index in [1.165, 1.54) is 36.5 Å². The third-order valence-electron chi connectivity index (χ3n) is 2.89. The minimum absolute atomic E-state index is 0.0231. The van der Waals surface area contributed by atoms with Crippen molar-refractivity contribution in [3.63, 3.8) is 0 Å². The fourth-order valence-electron chi connectivity index (χ4n) is 1.74. The Bertz CT molecular complexity index is 760. The van der Waals surface area contributed by atoms with Crippen LogP contribution in [0, 0.1) is 10.1 Å². The van der Waals surface area contributed by atoms with Crippen molar-refractivity contribution in [2.75, 3.05) is 0 Å². The normalized spacial score (nSPS) is 10.7. The first-order valence-corrected chi connectivity index (χ1v) is 7.29. The van der Waals surface area contributed by atoms with Crippen LogP contribution >= 0.6 is 15.9 Å². The van der Waals surface area contributed by atoms with Gasteiger partial charge in [0.2, 0.25) is 5.91 Å². The lowest BCUT2D eigenvalue weighted by atomic mass is 10.1. The summed E-state index contributed by atoms with van der Waals surface area (Å²) in [7, 11) is 0. The number of carbonyl (C=O) groups is 1. The van der Waals surface area contributed by atoms with Gasteiger partial charge in [-0.3, -0.25) is 14.9 Å². The summed E-state index contributed by atoms with van der Waals surface area (Å²) in [6, 6.07) is 10.5. The molecular weight excluding hydrogens is 366 g/mol. The molecule has 118 valence electrons. The van der Waals surface area contributed by atoms with Gasteiger partial charge < -0.3 is 5.11 Å². The number of benzene rings is 2. The van der Waals surface area contributed by atoms with Crippen LogP contribution < -0.4 is 5.43 Å². The standard InChI is InChI=1S/C15H12BrN3O4/c16-13-7-11(3-6-14(13)20)9-17-18-15(21)8-10-1-4-12(5-2-10)19(22)23/h1-7,9,20H,8H2,(H,18,21)/b17-9-. The summed E-state index contributed by atoms with van der Waals surface area (Å²) < 4.78 is 0.527. The molecule has 2 rings (SSSR count). The number of non-ortho nitro benzene ring substituents is 1. The number of phenols is 1. The fraction of sp³-hybridized carbons (Fsp3) is 0.0667. The van der Waals surface area contributed by atoms with E-state index in [0.29, 0.717) is 15.6 Å². The number of nitrogens with one attached hydrogen (secondary N) is 1. The number of hydrogen-bond donors (Lipinski definition) is 2. The highest BCUT2D eigenvalue weighted by molar-refractivity contribution is 9.10. The van der Waals surface area contributed by atoms with Crippen molar-refractivity contribution in [3.8, 4) is 5.75 Å². The molecule has 0 saturated heterocycles. The van der Waals surface area contributed by atoms with Crippen LogP contribution in [0.4, 0.5) is 5.69 Å². The molecule has 0 fully saturated rings. The minimum Gasteiger partial charge on any atom is -0.507 e. The number of halogens is 1. The third kappa shape index (κ3) is 4.89. The molecule has 0 saturated carbocycles. The number of amides is 1. The first-order valence-electron chi connectivity index (χ1n) is 6.49. The van der Waals surface area contributed by atoms with Gasteiger partial charge in [-0.15, -0.1) is 0 Å². The molecular formula is C15H12BrN3O4. The molecule has 2 aromatic carbocycles. The summed E-state index contributed by atoms with van der Waals surface area (Å²) in [5.74, 6) is -0.225. The van der Waals surface area contributed by atoms with Gasteiger partial charge in [0.1, 0.15) is 5.75 Å². The molecule has 0 bridgehead atoms.